The minimum Gasteiger partial charge on any atom is -0.206 e. The van der Waals surface area contributed by atoms with Gasteiger partial charge in [-0.3, -0.25) is 0 Å². The van der Waals surface area contributed by atoms with Gasteiger partial charge in [-0.15, -0.1) is 6.58 Å². The molecule has 0 aromatic heterocycles. The molecule has 0 heterocycles. The highest BCUT2D eigenvalue weighted by Gasteiger charge is 2.38. The Kier molecular flexibility index (Phi) is 6.02. The molecule has 33 heavy (non-hydrogen) atoms. The third-order valence-electron chi connectivity index (χ3n) is 5.51. The van der Waals surface area contributed by atoms with E-state index in [1.165, 1.54) is 6.07 Å². The van der Waals surface area contributed by atoms with Gasteiger partial charge in [-0.1, -0.05) is 60.7 Å². The molecule has 6 heteroatoms. The Morgan fingerprint density at radius 1 is 0.758 bits per heavy atom. The summed E-state index contributed by atoms with van der Waals surface area (Å²) in [5.41, 5.74) is -0.333. The minimum atomic E-state index is -5.17. The van der Waals surface area contributed by atoms with Crippen LogP contribution < -0.4 is 0 Å². The van der Waals surface area contributed by atoms with Crippen molar-refractivity contribution in [1.82, 2.24) is 0 Å². The van der Waals surface area contributed by atoms with Crippen molar-refractivity contribution < 1.29 is 26.3 Å². The number of aryl methyl sites for hydroxylation is 1. The molecular formula is C27H18F6. The predicted octanol–water partition coefficient (Wildman–Crippen LogP) is 8.73. The van der Waals surface area contributed by atoms with Crippen molar-refractivity contribution in [1.29, 1.82) is 0 Å². The van der Waals surface area contributed by atoms with E-state index in [1.54, 1.807) is 42.5 Å². The van der Waals surface area contributed by atoms with Gasteiger partial charge in [0, 0.05) is 10.9 Å². The van der Waals surface area contributed by atoms with Crippen LogP contribution in [-0.4, -0.2) is 0 Å². The molecule has 0 aliphatic rings. The molecular weight excluding hydrogens is 438 g/mol. The van der Waals surface area contributed by atoms with Gasteiger partial charge in [-0.05, 0) is 52.6 Å². The van der Waals surface area contributed by atoms with Crippen LogP contribution in [0.5, 0.6) is 0 Å². The SMILES string of the molecule is C=CCCc1ccc2c(F)c(-c3ccccc3-c3cc(F)c(C(F)(F)F)c(F)c3)ccc2c1. The zero-order chi connectivity index (χ0) is 23.8. The highest BCUT2D eigenvalue weighted by atomic mass is 19.4. The zero-order valence-electron chi connectivity index (χ0n) is 17.3. The highest BCUT2D eigenvalue weighted by Crippen LogP contribution is 2.39. The summed E-state index contributed by atoms with van der Waals surface area (Å²) in [4.78, 5) is 0. The van der Waals surface area contributed by atoms with Crippen LogP contribution in [0.2, 0.25) is 0 Å². The lowest BCUT2D eigenvalue weighted by molar-refractivity contribution is -0.142. The molecule has 0 aliphatic heterocycles. The van der Waals surface area contributed by atoms with E-state index < -0.39 is 29.2 Å². The van der Waals surface area contributed by atoms with Gasteiger partial charge in [0.2, 0.25) is 0 Å². The summed E-state index contributed by atoms with van der Waals surface area (Å²) in [5, 5.41) is 1.07. The number of rotatable bonds is 5. The summed E-state index contributed by atoms with van der Waals surface area (Å²) in [6.45, 7) is 3.70. The number of allylic oxidation sites excluding steroid dienone is 1. The van der Waals surface area contributed by atoms with E-state index in [-0.39, 0.29) is 16.7 Å². The molecule has 0 spiro atoms. The molecule has 0 bridgehead atoms. The smallest absolute Gasteiger partial charge is 0.206 e. The summed E-state index contributed by atoms with van der Waals surface area (Å²) < 4.78 is 82.8. The second-order valence-corrected chi connectivity index (χ2v) is 7.67. The van der Waals surface area contributed by atoms with Gasteiger partial charge >= 0.3 is 6.18 Å². The maximum atomic E-state index is 15.5. The maximum Gasteiger partial charge on any atom is 0.422 e. The van der Waals surface area contributed by atoms with Crippen molar-refractivity contribution in [2.45, 2.75) is 19.0 Å². The molecule has 0 saturated carbocycles. The Morgan fingerprint density at radius 3 is 2.06 bits per heavy atom. The van der Waals surface area contributed by atoms with Crippen molar-refractivity contribution in [2.24, 2.45) is 0 Å². The lowest BCUT2D eigenvalue weighted by Gasteiger charge is -2.15. The Morgan fingerprint density at radius 2 is 1.42 bits per heavy atom. The van der Waals surface area contributed by atoms with Crippen LogP contribution in [0.15, 0.2) is 79.4 Å². The molecule has 4 rings (SSSR count). The Labute approximate surface area is 186 Å². The number of halogens is 6. The van der Waals surface area contributed by atoms with Gasteiger partial charge in [-0.2, -0.15) is 13.2 Å². The monoisotopic (exact) mass is 456 g/mol. The van der Waals surface area contributed by atoms with Gasteiger partial charge in [0.15, 0.2) is 0 Å². The Bertz CT molecular complexity index is 1330. The third-order valence-corrected chi connectivity index (χ3v) is 5.51. The highest BCUT2D eigenvalue weighted by molar-refractivity contribution is 5.92. The molecule has 0 unspecified atom stereocenters. The second kappa shape index (κ2) is 8.77. The first-order valence-corrected chi connectivity index (χ1v) is 10.2. The molecule has 0 atom stereocenters. The fourth-order valence-corrected chi connectivity index (χ4v) is 3.94. The molecule has 0 N–H and O–H groups in total. The number of benzene rings is 4. The van der Waals surface area contributed by atoms with Crippen LogP contribution in [-0.2, 0) is 12.6 Å². The predicted molar refractivity (Wildman–Crippen MR) is 118 cm³/mol. The van der Waals surface area contributed by atoms with E-state index in [0.29, 0.717) is 28.5 Å². The van der Waals surface area contributed by atoms with Crippen LogP contribution in [0, 0.1) is 17.5 Å². The number of fused-ring (bicyclic) bond motifs is 1. The van der Waals surface area contributed by atoms with E-state index in [1.807, 2.05) is 12.1 Å². The summed E-state index contributed by atoms with van der Waals surface area (Å²) in [7, 11) is 0. The molecule has 0 radical (unpaired) electrons. The average Bonchev–Trinajstić information content (AvgIpc) is 2.76. The van der Waals surface area contributed by atoms with Crippen molar-refractivity contribution >= 4 is 10.8 Å². The third kappa shape index (κ3) is 4.38. The quantitative estimate of drug-likeness (QED) is 0.208. The molecule has 4 aromatic rings. The first-order chi connectivity index (χ1) is 15.7. The number of alkyl halides is 3. The minimum absolute atomic E-state index is 0.118. The fraction of sp³-hybridized carbons (Fsp3) is 0.111. The summed E-state index contributed by atoms with van der Waals surface area (Å²) in [6.07, 6.45) is -1.80. The van der Waals surface area contributed by atoms with Crippen LogP contribution in [0.4, 0.5) is 26.3 Å². The second-order valence-electron chi connectivity index (χ2n) is 7.67. The Hall–Kier alpha value is -3.54. The van der Waals surface area contributed by atoms with Gasteiger partial charge in [0.25, 0.3) is 0 Å². The van der Waals surface area contributed by atoms with Gasteiger partial charge in [-0.25, -0.2) is 13.2 Å². The number of hydrogen-bond acceptors (Lipinski definition) is 0. The largest absolute Gasteiger partial charge is 0.422 e. The summed E-state index contributed by atoms with van der Waals surface area (Å²) in [5.74, 6) is -3.97. The fourth-order valence-electron chi connectivity index (χ4n) is 3.94. The van der Waals surface area contributed by atoms with E-state index in [0.717, 1.165) is 18.4 Å². The van der Waals surface area contributed by atoms with E-state index in [4.69, 9.17) is 0 Å². The lowest BCUT2D eigenvalue weighted by atomic mass is 9.91. The maximum absolute atomic E-state index is 15.5. The van der Waals surface area contributed by atoms with Crippen molar-refractivity contribution in [3.05, 3.63) is 108 Å². The molecule has 0 fully saturated rings. The molecule has 0 amide bonds. The summed E-state index contributed by atoms with van der Waals surface area (Å²) >= 11 is 0. The van der Waals surface area contributed by atoms with Crippen LogP contribution in [0.3, 0.4) is 0 Å². The average molecular weight is 456 g/mol. The zero-order valence-corrected chi connectivity index (χ0v) is 17.3. The van der Waals surface area contributed by atoms with Gasteiger partial charge in [0.1, 0.15) is 23.0 Å². The Balaban J connectivity index is 1.84. The van der Waals surface area contributed by atoms with Crippen molar-refractivity contribution in [3.8, 4) is 22.3 Å². The van der Waals surface area contributed by atoms with Crippen LogP contribution in [0.25, 0.3) is 33.0 Å². The summed E-state index contributed by atoms with van der Waals surface area (Å²) in [6, 6.07) is 16.2. The molecule has 0 aliphatic carbocycles. The van der Waals surface area contributed by atoms with Crippen molar-refractivity contribution in [2.75, 3.05) is 0 Å². The van der Waals surface area contributed by atoms with E-state index in [2.05, 4.69) is 6.58 Å². The van der Waals surface area contributed by atoms with Crippen molar-refractivity contribution in [3.63, 3.8) is 0 Å². The first kappa shape index (κ1) is 22.6. The molecule has 168 valence electrons. The van der Waals surface area contributed by atoms with Gasteiger partial charge in [0.05, 0.1) is 0 Å². The first-order valence-electron chi connectivity index (χ1n) is 10.2. The topological polar surface area (TPSA) is 0 Å². The van der Waals surface area contributed by atoms with E-state index in [9.17, 15) is 22.0 Å². The number of hydrogen-bond donors (Lipinski definition) is 0. The molecule has 0 saturated heterocycles. The lowest BCUT2D eigenvalue weighted by Crippen LogP contribution is -2.11. The van der Waals surface area contributed by atoms with Crippen LogP contribution >= 0.6 is 0 Å². The normalized spacial score (nSPS) is 11.7. The van der Waals surface area contributed by atoms with E-state index >= 15 is 4.39 Å². The van der Waals surface area contributed by atoms with Gasteiger partial charge < -0.3 is 0 Å². The standard InChI is InChI=1S/C27H18F6/c1-2-3-6-16-9-11-20-17(13-16)10-12-22(26(20)30)21-8-5-4-7-19(21)18-14-23(28)25(24(29)15-18)27(31,32)33/h2,4-5,7-15H,1,3,6H2. The molecule has 0 nitrogen and oxygen atoms in total. The van der Waals surface area contributed by atoms with Crippen LogP contribution in [0.1, 0.15) is 17.5 Å². The molecule has 4 aromatic carbocycles.